The van der Waals surface area contributed by atoms with E-state index in [9.17, 15) is 13.9 Å². The molecule has 1 heterocycles. The first-order valence-electron chi connectivity index (χ1n) is 11.3. The third-order valence-corrected chi connectivity index (χ3v) is 7.28. The van der Waals surface area contributed by atoms with Gasteiger partial charge in [0.25, 0.3) is 0 Å². The first-order valence-corrected chi connectivity index (χ1v) is 12.4. The molecule has 1 aliphatic heterocycles. The van der Waals surface area contributed by atoms with Gasteiger partial charge in [-0.15, -0.1) is 0 Å². The van der Waals surface area contributed by atoms with Crippen molar-refractivity contribution < 1.29 is 23.1 Å². The van der Waals surface area contributed by atoms with Gasteiger partial charge in [0.15, 0.2) is 0 Å². The van der Waals surface area contributed by atoms with Gasteiger partial charge in [-0.2, -0.15) is 4.33 Å². The highest BCUT2D eigenvalue weighted by Crippen LogP contribution is 2.44. The number of benzene rings is 3. The normalized spacial score (nSPS) is 16.7. The third kappa shape index (κ3) is 6.23. The summed E-state index contributed by atoms with van der Waals surface area (Å²) in [5, 5.41) is 11.6. The van der Waals surface area contributed by atoms with Crippen LogP contribution in [0.1, 0.15) is 42.5 Å². The Hall–Kier alpha value is -2.00. The van der Waals surface area contributed by atoms with Crippen molar-refractivity contribution in [1.29, 1.82) is 0 Å². The van der Waals surface area contributed by atoms with Crippen molar-refractivity contribution in [3.8, 4) is 0 Å². The van der Waals surface area contributed by atoms with Gasteiger partial charge >= 0.3 is 0 Å². The summed E-state index contributed by atoms with van der Waals surface area (Å²) in [7, 11) is 1.46. The van der Waals surface area contributed by atoms with E-state index < -0.39 is 23.2 Å². The molecule has 0 bridgehead atoms. The molecule has 0 aromatic heterocycles. The monoisotopic (exact) mass is 519 g/mol. The number of rotatable bonds is 9. The van der Waals surface area contributed by atoms with Crippen molar-refractivity contribution >= 4 is 23.6 Å². The molecule has 186 valence electrons. The SMILES string of the molecule is COOSc1ccc(C(c2ccc(Cl)cc2)N2CC(C(c3cc(F)cc(F)c3)C(C)(C)O)C2)cc1. The lowest BCUT2D eigenvalue weighted by atomic mass is 9.71. The average molecular weight is 520 g/mol. The van der Waals surface area contributed by atoms with Crippen molar-refractivity contribution in [2.75, 3.05) is 20.2 Å². The van der Waals surface area contributed by atoms with Crippen molar-refractivity contribution in [3.05, 3.63) is 100 Å². The van der Waals surface area contributed by atoms with E-state index in [-0.39, 0.29) is 12.0 Å². The Balaban J connectivity index is 1.60. The molecule has 1 N–H and O–H groups in total. The lowest BCUT2D eigenvalue weighted by Gasteiger charge is -2.50. The fraction of sp³-hybridized carbons (Fsp3) is 0.333. The standard InChI is InChI=1S/C27H28ClF2NO3S/c1-27(2,32)25(19-12-22(29)14-23(30)13-19)20-15-31(16-20)26(17-4-8-21(28)9-5-17)18-6-10-24(11-7-18)35-34-33-3/h4-14,20,25-26,32H,15-16H2,1-3H3. The zero-order chi connectivity index (χ0) is 25.2. The minimum Gasteiger partial charge on any atom is -0.390 e. The van der Waals surface area contributed by atoms with Gasteiger partial charge in [0, 0.05) is 35.0 Å². The van der Waals surface area contributed by atoms with Crippen LogP contribution >= 0.6 is 23.6 Å². The van der Waals surface area contributed by atoms with Crippen LogP contribution in [0.4, 0.5) is 8.78 Å². The molecule has 3 aromatic rings. The van der Waals surface area contributed by atoms with E-state index >= 15 is 0 Å². The molecule has 2 atom stereocenters. The Kier molecular flexibility index (Phi) is 8.16. The second-order valence-electron chi connectivity index (χ2n) is 9.39. The van der Waals surface area contributed by atoms with Crippen LogP contribution in [0.15, 0.2) is 71.6 Å². The number of hydrogen-bond acceptors (Lipinski definition) is 5. The number of likely N-dealkylation sites (tertiary alicyclic amines) is 1. The smallest absolute Gasteiger partial charge is 0.126 e. The van der Waals surface area contributed by atoms with Gasteiger partial charge in [-0.1, -0.05) is 35.9 Å². The summed E-state index contributed by atoms with van der Waals surface area (Å²) in [4.78, 5) is 7.86. The summed E-state index contributed by atoms with van der Waals surface area (Å²) in [6.07, 6.45) is 0. The number of halogens is 3. The lowest BCUT2D eigenvalue weighted by Crippen LogP contribution is -2.54. The summed E-state index contributed by atoms with van der Waals surface area (Å²) >= 11 is 7.27. The fourth-order valence-electron chi connectivity index (χ4n) is 5.02. The number of hydrogen-bond donors (Lipinski definition) is 1. The molecule has 0 spiro atoms. The maximum absolute atomic E-state index is 14.0. The van der Waals surface area contributed by atoms with Crippen LogP contribution in [0.5, 0.6) is 0 Å². The quantitative estimate of drug-likeness (QED) is 0.192. The van der Waals surface area contributed by atoms with Crippen molar-refractivity contribution in [3.63, 3.8) is 0 Å². The van der Waals surface area contributed by atoms with Crippen LogP contribution in [0.2, 0.25) is 5.02 Å². The highest BCUT2D eigenvalue weighted by Gasteiger charge is 2.44. The zero-order valence-electron chi connectivity index (χ0n) is 19.8. The highest BCUT2D eigenvalue weighted by molar-refractivity contribution is 7.94. The number of aliphatic hydroxyl groups is 1. The first kappa shape index (κ1) is 26.1. The molecular formula is C27H28ClF2NO3S. The van der Waals surface area contributed by atoms with Gasteiger partial charge in [-0.3, -0.25) is 4.90 Å². The van der Waals surface area contributed by atoms with Gasteiger partial charge in [-0.05, 0) is 72.9 Å². The van der Waals surface area contributed by atoms with Crippen LogP contribution in [0.3, 0.4) is 0 Å². The molecule has 1 aliphatic rings. The summed E-state index contributed by atoms with van der Waals surface area (Å²) in [6.45, 7) is 4.70. The summed E-state index contributed by atoms with van der Waals surface area (Å²) in [6, 6.07) is 19.2. The van der Waals surface area contributed by atoms with Crippen molar-refractivity contribution in [2.45, 2.75) is 36.3 Å². The van der Waals surface area contributed by atoms with Crippen molar-refractivity contribution in [2.24, 2.45) is 5.92 Å². The predicted molar refractivity (Wildman–Crippen MR) is 134 cm³/mol. The Morgan fingerprint density at radius 2 is 1.49 bits per heavy atom. The third-order valence-electron chi connectivity index (χ3n) is 6.36. The molecule has 3 aromatic carbocycles. The molecular weight excluding hydrogens is 492 g/mol. The second-order valence-corrected chi connectivity index (χ2v) is 10.6. The topological polar surface area (TPSA) is 41.9 Å². The van der Waals surface area contributed by atoms with Crippen LogP contribution in [-0.2, 0) is 9.22 Å². The second kappa shape index (κ2) is 10.9. The van der Waals surface area contributed by atoms with Gasteiger partial charge in [0.1, 0.15) is 11.6 Å². The molecule has 0 radical (unpaired) electrons. The molecule has 0 amide bonds. The molecule has 4 nitrogen and oxygen atoms in total. The van der Waals surface area contributed by atoms with Crippen LogP contribution in [0.25, 0.3) is 0 Å². The average Bonchev–Trinajstić information content (AvgIpc) is 2.76. The van der Waals surface area contributed by atoms with Gasteiger partial charge in [-0.25, -0.2) is 13.7 Å². The maximum Gasteiger partial charge on any atom is 0.126 e. The molecule has 2 unspecified atom stereocenters. The van der Waals surface area contributed by atoms with Crippen LogP contribution in [0, 0.1) is 17.6 Å². The minimum absolute atomic E-state index is 0.0240. The Labute approximate surface area is 214 Å². The molecule has 0 saturated carbocycles. The van der Waals surface area contributed by atoms with Crippen LogP contribution in [-0.4, -0.2) is 35.8 Å². The molecule has 1 saturated heterocycles. The minimum atomic E-state index is -1.15. The molecule has 8 heteroatoms. The van der Waals surface area contributed by atoms with Crippen molar-refractivity contribution in [1.82, 2.24) is 4.90 Å². The van der Waals surface area contributed by atoms with E-state index in [2.05, 4.69) is 9.79 Å². The zero-order valence-corrected chi connectivity index (χ0v) is 21.3. The predicted octanol–water partition coefficient (Wildman–Crippen LogP) is 6.78. The highest BCUT2D eigenvalue weighted by atomic mass is 35.5. The Morgan fingerprint density at radius 3 is 2.00 bits per heavy atom. The van der Waals surface area contributed by atoms with Gasteiger partial charge < -0.3 is 5.11 Å². The van der Waals surface area contributed by atoms with Gasteiger partial charge in [0.05, 0.1) is 30.8 Å². The first-order chi connectivity index (χ1) is 16.7. The number of nitrogens with zero attached hydrogens (tertiary/aromatic N) is 1. The Morgan fingerprint density at radius 1 is 0.943 bits per heavy atom. The Bertz CT molecular complexity index is 1110. The van der Waals surface area contributed by atoms with E-state index in [1.165, 1.54) is 19.2 Å². The molecule has 35 heavy (non-hydrogen) atoms. The molecule has 0 aliphatic carbocycles. The summed E-state index contributed by atoms with van der Waals surface area (Å²) in [5.74, 6) is -1.67. The van der Waals surface area contributed by atoms with E-state index in [1.807, 2.05) is 48.5 Å². The summed E-state index contributed by atoms with van der Waals surface area (Å²) in [5.41, 5.74) is 1.50. The summed E-state index contributed by atoms with van der Waals surface area (Å²) < 4.78 is 32.9. The van der Waals surface area contributed by atoms with Gasteiger partial charge in [0.2, 0.25) is 0 Å². The fourth-order valence-corrected chi connectivity index (χ4v) is 5.54. The van der Waals surface area contributed by atoms with Crippen LogP contribution < -0.4 is 0 Å². The lowest BCUT2D eigenvalue weighted by molar-refractivity contribution is -0.160. The van der Waals surface area contributed by atoms with E-state index in [0.29, 0.717) is 23.7 Å². The largest absolute Gasteiger partial charge is 0.390 e. The molecule has 4 rings (SSSR count). The molecule has 1 fully saturated rings. The van der Waals surface area contributed by atoms with E-state index in [1.54, 1.807) is 13.8 Å². The maximum atomic E-state index is 14.0. The van der Waals surface area contributed by atoms with E-state index in [0.717, 1.165) is 34.1 Å². The van der Waals surface area contributed by atoms with E-state index in [4.69, 9.17) is 15.9 Å².